The number of aryl methyl sites for hydroxylation is 1. The second kappa shape index (κ2) is 6.56. The number of rotatable bonds is 3. The van der Waals surface area contributed by atoms with E-state index in [2.05, 4.69) is 15.6 Å². The van der Waals surface area contributed by atoms with E-state index in [0.717, 1.165) is 10.2 Å². The molecule has 0 saturated heterocycles. The highest BCUT2D eigenvalue weighted by molar-refractivity contribution is 6.06. The standard InChI is InChI=1S/C18H16N4O3/c1-11(12-7-9-13(23)10-8-12)19-20-17(24)16-14-5-3-4-6-15(14)18(25)22(2)21-16/h3-10,23H,1-2H3,(H,20,24)/b19-11+. The number of phenols is 1. The van der Waals surface area contributed by atoms with Crippen LogP contribution >= 0.6 is 0 Å². The van der Waals surface area contributed by atoms with Crippen LogP contribution < -0.4 is 11.0 Å². The van der Waals surface area contributed by atoms with Gasteiger partial charge in [-0.1, -0.05) is 18.2 Å². The normalized spacial score (nSPS) is 11.5. The lowest BCUT2D eigenvalue weighted by atomic mass is 10.1. The van der Waals surface area contributed by atoms with Gasteiger partial charge in [0.05, 0.1) is 11.1 Å². The zero-order valence-electron chi connectivity index (χ0n) is 13.7. The SMILES string of the molecule is C/C(=N\NC(=O)c1nn(C)c(=O)c2ccccc12)c1ccc(O)cc1. The molecule has 0 aliphatic heterocycles. The van der Waals surface area contributed by atoms with E-state index in [-0.39, 0.29) is 17.0 Å². The summed E-state index contributed by atoms with van der Waals surface area (Å²) < 4.78 is 1.13. The van der Waals surface area contributed by atoms with Crippen molar-refractivity contribution in [3.63, 3.8) is 0 Å². The van der Waals surface area contributed by atoms with Crippen LogP contribution in [-0.2, 0) is 7.05 Å². The van der Waals surface area contributed by atoms with Crippen LogP contribution in [0, 0.1) is 0 Å². The Labute approximate surface area is 143 Å². The summed E-state index contributed by atoms with van der Waals surface area (Å²) in [5.74, 6) is -0.355. The fraction of sp³-hybridized carbons (Fsp3) is 0.111. The maximum Gasteiger partial charge on any atom is 0.292 e. The number of aromatic hydroxyl groups is 1. The van der Waals surface area contributed by atoms with Gasteiger partial charge in [0, 0.05) is 12.4 Å². The molecule has 25 heavy (non-hydrogen) atoms. The number of carbonyl (C=O) groups is 1. The van der Waals surface area contributed by atoms with Crippen molar-refractivity contribution in [3.8, 4) is 5.75 Å². The molecule has 0 spiro atoms. The van der Waals surface area contributed by atoms with Crippen molar-refractivity contribution in [1.29, 1.82) is 0 Å². The van der Waals surface area contributed by atoms with E-state index in [9.17, 15) is 14.7 Å². The molecular formula is C18H16N4O3. The third kappa shape index (κ3) is 3.25. The van der Waals surface area contributed by atoms with Crippen LogP contribution in [0.1, 0.15) is 23.0 Å². The molecule has 0 unspecified atom stereocenters. The second-order valence-corrected chi connectivity index (χ2v) is 5.51. The van der Waals surface area contributed by atoms with E-state index in [1.165, 1.54) is 19.2 Å². The molecule has 1 amide bonds. The average molecular weight is 336 g/mol. The number of hydrazone groups is 1. The number of nitrogens with zero attached hydrogens (tertiary/aromatic N) is 3. The van der Waals surface area contributed by atoms with E-state index in [1.807, 2.05) is 0 Å². The summed E-state index contributed by atoms with van der Waals surface area (Å²) in [6, 6.07) is 13.3. The largest absolute Gasteiger partial charge is 0.508 e. The Kier molecular flexibility index (Phi) is 4.30. The molecule has 0 radical (unpaired) electrons. The number of hydrogen-bond acceptors (Lipinski definition) is 5. The van der Waals surface area contributed by atoms with Crippen molar-refractivity contribution in [2.45, 2.75) is 6.92 Å². The monoisotopic (exact) mass is 336 g/mol. The number of fused-ring (bicyclic) bond motifs is 1. The van der Waals surface area contributed by atoms with Crippen LogP contribution in [0.5, 0.6) is 5.75 Å². The van der Waals surface area contributed by atoms with Crippen LogP contribution in [-0.4, -0.2) is 26.5 Å². The summed E-state index contributed by atoms with van der Waals surface area (Å²) in [6.45, 7) is 1.74. The van der Waals surface area contributed by atoms with E-state index in [0.29, 0.717) is 16.5 Å². The lowest BCUT2D eigenvalue weighted by molar-refractivity contribution is 0.0949. The molecule has 2 aromatic carbocycles. The number of aromatic nitrogens is 2. The van der Waals surface area contributed by atoms with E-state index >= 15 is 0 Å². The molecular weight excluding hydrogens is 320 g/mol. The Morgan fingerprint density at radius 3 is 2.44 bits per heavy atom. The van der Waals surface area contributed by atoms with Crippen LogP contribution in [0.25, 0.3) is 10.8 Å². The topological polar surface area (TPSA) is 96.6 Å². The Hall–Kier alpha value is -3.48. The maximum absolute atomic E-state index is 12.5. The summed E-state index contributed by atoms with van der Waals surface area (Å²) in [4.78, 5) is 24.6. The second-order valence-electron chi connectivity index (χ2n) is 5.51. The maximum atomic E-state index is 12.5. The molecule has 0 atom stereocenters. The van der Waals surface area contributed by atoms with Gasteiger partial charge in [-0.2, -0.15) is 10.2 Å². The quantitative estimate of drug-likeness (QED) is 0.563. The highest BCUT2D eigenvalue weighted by atomic mass is 16.3. The van der Waals surface area contributed by atoms with E-state index < -0.39 is 5.91 Å². The van der Waals surface area contributed by atoms with Gasteiger partial charge >= 0.3 is 0 Å². The van der Waals surface area contributed by atoms with E-state index in [4.69, 9.17) is 0 Å². The molecule has 7 heteroatoms. The molecule has 0 saturated carbocycles. The van der Waals surface area contributed by atoms with Gasteiger partial charge < -0.3 is 5.11 Å². The summed E-state index contributed by atoms with van der Waals surface area (Å²) in [6.07, 6.45) is 0. The first kappa shape index (κ1) is 16.4. The highest BCUT2D eigenvalue weighted by Gasteiger charge is 2.15. The highest BCUT2D eigenvalue weighted by Crippen LogP contribution is 2.13. The lowest BCUT2D eigenvalue weighted by Gasteiger charge is -2.07. The third-order valence-corrected chi connectivity index (χ3v) is 3.78. The van der Waals surface area contributed by atoms with Gasteiger partial charge in [0.2, 0.25) is 0 Å². The minimum absolute atomic E-state index is 0.125. The fourth-order valence-corrected chi connectivity index (χ4v) is 2.42. The van der Waals surface area contributed by atoms with Crippen LogP contribution in [0.3, 0.4) is 0 Å². The average Bonchev–Trinajstić information content (AvgIpc) is 2.63. The van der Waals surface area contributed by atoms with E-state index in [1.54, 1.807) is 43.3 Å². The predicted molar refractivity (Wildman–Crippen MR) is 94.8 cm³/mol. The van der Waals surface area contributed by atoms with Crippen molar-refractivity contribution >= 4 is 22.4 Å². The zero-order valence-corrected chi connectivity index (χ0v) is 13.7. The molecule has 0 aliphatic rings. The van der Waals surface area contributed by atoms with Gasteiger partial charge in [0.1, 0.15) is 5.75 Å². The minimum atomic E-state index is -0.509. The number of phenolic OH excluding ortho intramolecular Hbond substituents is 1. The first-order chi connectivity index (χ1) is 12.0. The number of hydrogen-bond donors (Lipinski definition) is 2. The molecule has 7 nitrogen and oxygen atoms in total. The van der Waals surface area contributed by atoms with Crippen molar-refractivity contribution in [2.75, 3.05) is 0 Å². The van der Waals surface area contributed by atoms with Crippen molar-refractivity contribution in [3.05, 3.63) is 70.1 Å². The van der Waals surface area contributed by atoms with Gasteiger partial charge in [-0.3, -0.25) is 9.59 Å². The predicted octanol–water partition coefficient (Wildman–Crippen LogP) is 1.79. The third-order valence-electron chi connectivity index (χ3n) is 3.78. The van der Waals surface area contributed by atoms with Gasteiger partial charge in [-0.05, 0) is 42.8 Å². The minimum Gasteiger partial charge on any atom is -0.508 e. The van der Waals surface area contributed by atoms with Crippen LogP contribution in [0.15, 0.2) is 58.4 Å². The number of benzene rings is 2. The Bertz CT molecular complexity index is 1040. The molecule has 0 fully saturated rings. The van der Waals surface area contributed by atoms with Crippen molar-refractivity contribution in [1.82, 2.24) is 15.2 Å². The fourth-order valence-electron chi connectivity index (χ4n) is 2.42. The first-order valence-corrected chi connectivity index (χ1v) is 7.57. The first-order valence-electron chi connectivity index (χ1n) is 7.57. The molecule has 1 heterocycles. The van der Waals surface area contributed by atoms with Gasteiger partial charge in [0.25, 0.3) is 11.5 Å². The number of nitrogens with one attached hydrogen (secondary N) is 1. The van der Waals surface area contributed by atoms with Crippen molar-refractivity contribution < 1.29 is 9.90 Å². The summed E-state index contributed by atoms with van der Waals surface area (Å²) in [7, 11) is 1.50. The molecule has 0 bridgehead atoms. The molecule has 1 aromatic heterocycles. The van der Waals surface area contributed by atoms with Gasteiger partial charge in [-0.15, -0.1) is 0 Å². The Morgan fingerprint density at radius 2 is 1.76 bits per heavy atom. The Balaban J connectivity index is 1.93. The summed E-state index contributed by atoms with van der Waals surface area (Å²) >= 11 is 0. The number of amides is 1. The van der Waals surface area contributed by atoms with Gasteiger partial charge in [0.15, 0.2) is 5.69 Å². The summed E-state index contributed by atoms with van der Waals surface area (Å²) in [5, 5.41) is 18.3. The zero-order chi connectivity index (χ0) is 18.0. The number of carbonyl (C=O) groups excluding carboxylic acids is 1. The van der Waals surface area contributed by atoms with Crippen molar-refractivity contribution in [2.24, 2.45) is 12.1 Å². The van der Waals surface area contributed by atoms with Crippen LogP contribution in [0.4, 0.5) is 0 Å². The van der Waals surface area contributed by atoms with Gasteiger partial charge in [-0.25, -0.2) is 10.1 Å². The molecule has 126 valence electrons. The molecule has 2 N–H and O–H groups in total. The molecule has 3 aromatic rings. The summed E-state index contributed by atoms with van der Waals surface area (Å²) in [5.41, 5.74) is 3.65. The lowest BCUT2D eigenvalue weighted by Crippen LogP contribution is -2.27. The molecule has 0 aliphatic carbocycles. The smallest absolute Gasteiger partial charge is 0.292 e. The molecule has 3 rings (SSSR count). The van der Waals surface area contributed by atoms with Crippen LogP contribution in [0.2, 0.25) is 0 Å². The Morgan fingerprint density at radius 1 is 1.12 bits per heavy atom.